The Morgan fingerprint density at radius 1 is 1.29 bits per heavy atom. The van der Waals surface area contributed by atoms with E-state index < -0.39 is 0 Å². The monoisotopic (exact) mass is 330 g/mol. The van der Waals surface area contributed by atoms with E-state index in [4.69, 9.17) is 9.15 Å². The Balaban J connectivity index is 1.46. The van der Waals surface area contributed by atoms with Crippen LogP contribution in [0.2, 0.25) is 0 Å². The van der Waals surface area contributed by atoms with Gasteiger partial charge in [-0.05, 0) is 24.3 Å². The van der Waals surface area contributed by atoms with Crippen molar-refractivity contribution in [2.24, 2.45) is 0 Å². The molecule has 1 aliphatic heterocycles. The van der Waals surface area contributed by atoms with Crippen molar-refractivity contribution in [3.63, 3.8) is 0 Å². The summed E-state index contributed by atoms with van der Waals surface area (Å²) in [5.41, 5.74) is 0.574. The fourth-order valence-electron chi connectivity index (χ4n) is 2.52. The zero-order valence-corrected chi connectivity index (χ0v) is 13.5. The van der Waals surface area contributed by atoms with Crippen molar-refractivity contribution in [2.75, 3.05) is 44.7 Å². The number of amides is 1. The second-order valence-electron chi connectivity index (χ2n) is 5.57. The molecule has 2 aromatic heterocycles. The van der Waals surface area contributed by atoms with E-state index in [2.05, 4.69) is 20.5 Å². The molecule has 1 aliphatic rings. The third-order valence-electron chi connectivity index (χ3n) is 3.86. The molecule has 7 nitrogen and oxygen atoms in total. The Hall–Kier alpha value is -2.38. The SMILES string of the molecule is O=C(NCc1ccco1)c1ccnc(NCCN2CCOCC2)c1. The third kappa shape index (κ3) is 4.81. The number of furan rings is 1. The zero-order chi connectivity index (χ0) is 16.6. The summed E-state index contributed by atoms with van der Waals surface area (Å²) in [6.07, 6.45) is 3.23. The minimum Gasteiger partial charge on any atom is -0.467 e. The van der Waals surface area contributed by atoms with Crippen LogP contribution >= 0.6 is 0 Å². The maximum absolute atomic E-state index is 12.2. The molecule has 3 heterocycles. The van der Waals surface area contributed by atoms with Gasteiger partial charge in [-0.3, -0.25) is 9.69 Å². The molecule has 1 amide bonds. The van der Waals surface area contributed by atoms with Crippen molar-refractivity contribution < 1.29 is 13.9 Å². The van der Waals surface area contributed by atoms with Gasteiger partial charge in [0.25, 0.3) is 5.91 Å². The van der Waals surface area contributed by atoms with Gasteiger partial charge in [-0.15, -0.1) is 0 Å². The quantitative estimate of drug-likeness (QED) is 0.798. The molecule has 0 bridgehead atoms. The zero-order valence-electron chi connectivity index (χ0n) is 13.5. The molecule has 0 aromatic carbocycles. The van der Waals surface area contributed by atoms with Crippen molar-refractivity contribution in [3.05, 3.63) is 48.0 Å². The molecule has 0 radical (unpaired) electrons. The number of ether oxygens (including phenoxy) is 1. The molecule has 0 aliphatic carbocycles. The highest BCUT2D eigenvalue weighted by Crippen LogP contribution is 2.08. The minimum atomic E-state index is -0.148. The number of hydrogen-bond donors (Lipinski definition) is 2. The van der Waals surface area contributed by atoms with Crippen LogP contribution in [0.1, 0.15) is 16.1 Å². The van der Waals surface area contributed by atoms with E-state index in [-0.39, 0.29) is 5.91 Å². The van der Waals surface area contributed by atoms with E-state index >= 15 is 0 Å². The predicted octanol–water partition coefficient (Wildman–Crippen LogP) is 1.35. The number of pyridine rings is 1. The standard InChI is InChI=1S/C17H22N4O3/c22-17(20-13-15-2-1-9-24-15)14-3-4-18-16(12-14)19-5-6-21-7-10-23-11-8-21/h1-4,9,12H,5-8,10-11,13H2,(H,18,19)(H,20,22). The second kappa shape index (κ2) is 8.47. The second-order valence-corrected chi connectivity index (χ2v) is 5.57. The number of aromatic nitrogens is 1. The van der Waals surface area contributed by atoms with Crippen LogP contribution in [-0.4, -0.2) is 55.2 Å². The highest BCUT2D eigenvalue weighted by Gasteiger charge is 2.10. The number of morpholine rings is 1. The van der Waals surface area contributed by atoms with Gasteiger partial charge >= 0.3 is 0 Å². The van der Waals surface area contributed by atoms with Crippen molar-refractivity contribution in [1.82, 2.24) is 15.2 Å². The number of carbonyl (C=O) groups excluding carboxylic acids is 1. The van der Waals surface area contributed by atoms with Gasteiger partial charge in [0.1, 0.15) is 11.6 Å². The van der Waals surface area contributed by atoms with Crippen LogP contribution in [0, 0.1) is 0 Å². The van der Waals surface area contributed by atoms with Gasteiger partial charge in [-0.2, -0.15) is 0 Å². The average molecular weight is 330 g/mol. The average Bonchev–Trinajstić information content (AvgIpc) is 3.14. The summed E-state index contributed by atoms with van der Waals surface area (Å²) in [5, 5.41) is 6.09. The van der Waals surface area contributed by atoms with Gasteiger partial charge in [0, 0.05) is 37.9 Å². The summed E-state index contributed by atoms with van der Waals surface area (Å²) in [5.74, 6) is 1.28. The van der Waals surface area contributed by atoms with Gasteiger partial charge in [0.05, 0.1) is 26.0 Å². The number of hydrogen-bond acceptors (Lipinski definition) is 6. The fourth-order valence-corrected chi connectivity index (χ4v) is 2.52. The first-order valence-electron chi connectivity index (χ1n) is 8.12. The summed E-state index contributed by atoms with van der Waals surface area (Å²) in [6.45, 7) is 5.60. The largest absolute Gasteiger partial charge is 0.467 e. The van der Waals surface area contributed by atoms with Crippen LogP contribution in [0.5, 0.6) is 0 Å². The molecule has 0 saturated carbocycles. The topological polar surface area (TPSA) is 79.6 Å². The van der Waals surface area contributed by atoms with E-state index in [1.165, 1.54) is 0 Å². The van der Waals surface area contributed by atoms with Crippen molar-refractivity contribution >= 4 is 11.7 Å². The summed E-state index contributed by atoms with van der Waals surface area (Å²) in [6, 6.07) is 7.08. The summed E-state index contributed by atoms with van der Waals surface area (Å²) in [7, 11) is 0. The molecule has 0 atom stereocenters. The molecule has 128 valence electrons. The molecular weight excluding hydrogens is 308 g/mol. The molecule has 2 N–H and O–H groups in total. The first-order valence-corrected chi connectivity index (χ1v) is 8.12. The van der Waals surface area contributed by atoms with Crippen molar-refractivity contribution in [3.8, 4) is 0 Å². The lowest BCUT2D eigenvalue weighted by Crippen LogP contribution is -2.39. The lowest BCUT2D eigenvalue weighted by atomic mass is 10.2. The summed E-state index contributed by atoms with van der Waals surface area (Å²) >= 11 is 0. The van der Waals surface area contributed by atoms with Crippen molar-refractivity contribution in [1.29, 1.82) is 0 Å². The van der Waals surface area contributed by atoms with Crippen LogP contribution in [-0.2, 0) is 11.3 Å². The lowest BCUT2D eigenvalue weighted by Gasteiger charge is -2.26. The van der Waals surface area contributed by atoms with Gasteiger partial charge < -0.3 is 19.8 Å². The number of nitrogens with one attached hydrogen (secondary N) is 2. The van der Waals surface area contributed by atoms with E-state index in [0.717, 1.165) is 45.2 Å². The Bertz CT molecular complexity index is 639. The maximum atomic E-state index is 12.2. The Labute approximate surface area is 141 Å². The first-order chi connectivity index (χ1) is 11.8. The highest BCUT2D eigenvalue weighted by atomic mass is 16.5. The number of anilines is 1. The van der Waals surface area contributed by atoms with E-state index in [1.807, 2.05) is 6.07 Å². The van der Waals surface area contributed by atoms with Crippen LogP contribution in [0.15, 0.2) is 41.1 Å². The maximum Gasteiger partial charge on any atom is 0.251 e. The van der Waals surface area contributed by atoms with E-state index in [1.54, 1.807) is 30.7 Å². The van der Waals surface area contributed by atoms with E-state index in [0.29, 0.717) is 17.9 Å². The van der Waals surface area contributed by atoms with Crippen molar-refractivity contribution in [2.45, 2.75) is 6.54 Å². The summed E-state index contributed by atoms with van der Waals surface area (Å²) < 4.78 is 10.5. The normalized spacial score (nSPS) is 15.2. The Kier molecular flexibility index (Phi) is 5.81. The summed E-state index contributed by atoms with van der Waals surface area (Å²) in [4.78, 5) is 18.8. The molecule has 0 unspecified atom stereocenters. The van der Waals surface area contributed by atoms with Crippen LogP contribution in [0.4, 0.5) is 5.82 Å². The van der Waals surface area contributed by atoms with Crippen LogP contribution < -0.4 is 10.6 Å². The highest BCUT2D eigenvalue weighted by molar-refractivity contribution is 5.94. The molecule has 24 heavy (non-hydrogen) atoms. The lowest BCUT2D eigenvalue weighted by molar-refractivity contribution is 0.0398. The smallest absolute Gasteiger partial charge is 0.251 e. The van der Waals surface area contributed by atoms with Gasteiger partial charge in [0.15, 0.2) is 0 Å². The molecule has 1 fully saturated rings. The molecule has 1 saturated heterocycles. The van der Waals surface area contributed by atoms with E-state index in [9.17, 15) is 4.79 Å². The Morgan fingerprint density at radius 3 is 2.96 bits per heavy atom. The number of carbonyl (C=O) groups is 1. The molecule has 7 heteroatoms. The van der Waals surface area contributed by atoms with Gasteiger partial charge in [-0.1, -0.05) is 0 Å². The molecule has 2 aromatic rings. The fraction of sp³-hybridized carbons (Fsp3) is 0.412. The molecule has 0 spiro atoms. The van der Waals surface area contributed by atoms with Crippen LogP contribution in [0.3, 0.4) is 0 Å². The minimum absolute atomic E-state index is 0.148. The number of nitrogens with zero attached hydrogens (tertiary/aromatic N) is 2. The molecular formula is C17H22N4O3. The van der Waals surface area contributed by atoms with Crippen LogP contribution in [0.25, 0.3) is 0 Å². The first kappa shape index (κ1) is 16.5. The number of rotatable bonds is 7. The van der Waals surface area contributed by atoms with Gasteiger partial charge in [0.2, 0.25) is 0 Å². The Morgan fingerprint density at radius 2 is 2.17 bits per heavy atom. The predicted molar refractivity (Wildman–Crippen MR) is 89.9 cm³/mol. The van der Waals surface area contributed by atoms with Gasteiger partial charge in [-0.25, -0.2) is 4.98 Å². The molecule has 3 rings (SSSR count). The third-order valence-corrected chi connectivity index (χ3v) is 3.86.